The lowest BCUT2D eigenvalue weighted by Crippen LogP contribution is -2.30. The average Bonchev–Trinajstić information content (AvgIpc) is 3.29. The Kier molecular flexibility index (Phi) is 7.65. The normalized spacial score (nSPS) is 11.3. The zero-order chi connectivity index (χ0) is 20.3. The van der Waals surface area contributed by atoms with E-state index in [1.807, 2.05) is 59.4 Å². The van der Waals surface area contributed by atoms with Crippen LogP contribution >= 0.6 is 0 Å². The van der Waals surface area contributed by atoms with Crippen LogP contribution in [-0.2, 0) is 11.3 Å². The lowest BCUT2D eigenvalue weighted by molar-refractivity contribution is 0.172. The van der Waals surface area contributed by atoms with Gasteiger partial charge in [0.25, 0.3) is 0 Å². The van der Waals surface area contributed by atoms with E-state index in [1.54, 1.807) is 20.4 Å². The number of hydrogen-bond donors (Lipinski definition) is 2. The summed E-state index contributed by atoms with van der Waals surface area (Å²) in [7, 11) is 3.44. The molecule has 7 heteroatoms. The second kappa shape index (κ2) is 10.9. The highest BCUT2D eigenvalue weighted by Gasteiger charge is 2.06. The fourth-order valence-electron chi connectivity index (χ4n) is 2.85. The average molecular weight is 393 g/mol. The lowest BCUT2D eigenvalue weighted by atomic mass is 10.2. The third kappa shape index (κ3) is 6.08. The van der Waals surface area contributed by atoms with Crippen molar-refractivity contribution in [3.8, 4) is 11.4 Å². The number of aromatic nitrogens is 2. The third-order valence-corrected chi connectivity index (χ3v) is 4.27. The van der Waals surface area contributed by atoms with E-state index in [0.717, 1.165) is 29.1 Å². The number of para-hydroxylation sites is 1. The van der Waals surface area contributed by atoms with Crippen molar-refractivity contribution in [3.05, 3.63) is 72.6 Å². The molecule has 1 aromatic heterocycles. The third-order valence-electron chi connectivity index (χ3n) is 4.27. The topological polar surface area (TPSA) is 72.7 Å². The molecular weight excluding hydrogens is 366 g/mol. The first-order valence-electron chi connectivity index (χ1n) is 9.57. The van der Waals surface area contributed by atoms with Gasteiger partial charge in [-0.1, -0.05) is 24.3 Å². The fourth-order valence-corrected chi connectivity index (χ4v) is 2.85. The van der Waals surface area contributed by atoms with Gasteiger partial charge in [0.1, 0.15) is 5.75 Å². The summed E-state index contributed by atoms with van der Waals surface area (Å²) >= 11 is 0. The highest BCUT2D eigenvalue weighted by atomic mass is 16.5. The lowest BCUT2D eigenvalue weighted by Gasteiger charge is -2.15. The zero-order valence-electron chi connectivity index (χ0n) is 16.8. The Balaban J connectivity index is 1.60. The Hall–Kier alpha value is -3.32. The van der Waals surface area contributed by atoms with Crippen LogP contribution in [0.2, 0.25) is 0 Å². The van der Waals surface area contributed by atoms with Gasteiger partial charge in [-0.2, -0.15) is 5.10 Å². The Morgan fingerprint density at radius 2 is 2.00 bits per heavy atom. The van der Waals surface area contributed by atoms with Crippen LogP contribution in [0.3, 0.4) is 0 Å². The first-order chi connectivity index (χ1) is 14.3. The number of rotatable bonds is 9. The van der Waals surface area contributed by atoms with Crippen LogP contribution in [0.25, 0.3) is 5.69 Å². The summed E-state index contributed by atoms with van der Waals surface area (Å²) in [6.07, 6.45) is 4.56. The number of guanidine groups is 1. The quantitative estimate of drug-likeness (QED) is 0.331. The van der Waals surface area contributed by atoms with Gasteiger partial charge in [-0.15, -0.1) is 0 Å². The number of hydrogen-bond acceptors (Lipinski definition) is 4. The van der Waals surface area contributed by atoms with Crippen LogP contribution in [-0.4, -0.2) is 43.1 Å². The van der Waals surface area contributed by atoms with E-state index in [1.165, 1.54) is 0 Å². The van der Waals surface area contributed by atoms with Crippen molar-refractivity contribution in [2.45, 2.75) is 13.0 Å². The molecule has 0 atom stereocenters. The molecule has 2 N–H and O–H groups in total. The second-order valence-electron chi connectivity index (χ2n) is 6.35. The minimum atomic E-state index is 0.614. The number of methoxy groups -OCH3 is 1. The number of nitrogens with zero attached hydrogens (tertiary/aromatic N) is 3. The molecule has 0 radical (unpaired) electrons. The molecule has 29 heavy (non-hydrogen) atoms. The van der Waals surface area contributed by atoms with Gasteiger partial charge < -0.3 is 20.1 Å². The number of anilines is 1. The number of aliphatic imine (C=N–C) groups is 1. The van der Waals surface area contributed by atoms with Crippen LogP contribution in [0.5, 0.6) is 5.75 Å². The molecule has 0 fully saturated rings. The summed E-state index contributed by atoms with van der Waals surface area (Å²) < 4.78 is 12.7. The van der Waals surface area contributed by atoms with Gasteiger partial charge in [-0.25, -0.2) is 4.68 Å². The van der Waals surface area contributed by atoms with Gasteiger partial charge in [0, 0.05) is 57.9 Å². The minimum Gasteiger partial charge on any atom is -0.493 e. The van der Waals surface area contributed by atoms with Crippen LogP contribution in [0.15, 0.2) is 72.0 Å². The standard InChI is InChI=1S/C22H27N5O2/c1-23-22(26-19-9-5-10-20(16-19)29-15-7-14-28-2)24-17-18-8-3-4-11-21(18)27-13-6-12-25-27/h3-6,8-13,16H,7,14-15,17H2,1-2H3,(H2,23,24,26). The molecule has 0 bridgehead atoms. The van der Waals surface area contributed by atoms with Crippen molar-refractivity contribution < 1.29 is 9.47 Å². The van der Waals surface area contributed by atoms with Gasteiger partial charge >= 0.3 is 0 Å². The molecule has 0 aliphatic carbocycles. The maximum Gasteiger partial charge on any atom is 0.195 e. The van der Waals surface area contributed by atoms with E-state index < -0.39 is 0 Å². The van der Waals surface area contributed by atoms with Crippen LogP contribution in [0, 0.1) is 0 Å². The molecule has 0 unspecified atom stereocenters. The first-order valence-corrected chi connectivity index (χ1v) is 9.57. The van der Waals surface area contributed by atoms with Gasteiger partial charge in [0.05, 0.1) is 12.3 Å². The monoisotopic (exact) mass is 393 g/mol. The molecular formula is C22H27N5O2. The summed E-state index contributed by atoms with van der Waals surface area (Å²) in [6.45, 7) is 1.92. The predicted molar refractivity (Wildman–Crippen MR) is 116 cm³/mol. The molecule has 3 rings (SSSR count). The van der Waals surface area contributed by atoms with Crippen LogP contribution in [0.4, 0.5) is 5.69 Å². The molecule has 7 nitrogen and oxygen atoms in total. The summed E-state index contributed by atoms with van der Waals surface area (Å²) in [5.74, 6) is 1.49. The smallest absolute Gasteiger partial charge is 0.195 e. The van der Waals surface area contributed by atoms with Gasteiger partial charge in [0.2, 0.25) is 0 Å². The van der Waals surface area contributed by atoms with Crippen molar-refractivity contribution in [2.75, 3.05) is 32.7 Å². The fraction of sp³-hybridized carbons (Fsp3) is 0.273. The molecule has 152 valence electrons. The van der Waals surface area contributed by atoms with Gasteiger partial charge in [-0.3, -0.25) is 4.99 Å². The van der Waals surface area contributed by atoms with E-state index in [0.29, 0.717) is 25.7 Å². The zero-order valence-corrected chi connectivity index (χ0v) is 16.8. The maximum absolute atomic E-state index is 5.76. The minimum absolute atomic E-state index is 0.614. The molecule has 0 spiro atoms. The van der Waals surface area contributed by atoms with E-state index in [-0.39, 0.29) is 0 Å². The van der Waals surface area contributed by atoms with Gasteiger partial charge in [0.15, 0.2) is 5.96 Å². The summed E-state index contributed by atoms with van der Waals surface area (Å²) in [4.78, 5) is 4.32. The molecule has 0 saturated carbocycles. The van der Waals surface area contributed by atoms with E-state index in [2.05, 4.69) is 26.8 Å². The SMILES string of the molecule is CN=C(NCc1ccccc1-n1cccn1)Nc1cccc(OCCCOC)c1. The second-order valence-corrected chi connectivity index (χ2v) is 6.35. The summed E-state index contributed by atoms with van der Waals surface area (Å²) in [5.41, 5.74) is 3.06. The van der Waals surface area contributed by atoms with Crippen molar-refractivity contribution in [2.24, 2.45) is 4.99 Å². The Labute approximate surface area is 171 Å². The highest BCUT2D eigenvalue weighted by molar-refractivity contribution is 5.93. The predicted octanol–water partition coefficient (Wildman–Crippen LogP) is 3.48. The number of nitrogens with one attached hydrogen (secondary N) is 2. The molecule has 0 saturated heterocycles. The molecule has 0 aliphatic rings. The largest absolute Gasteiger partial charge is 0.493 e. The van der Waals surface area contributed by atoms with Gasteiger partial charge in [-0.05, 0) is 29.8 Å². The van der Waals surface area contributed by atoms with E-state index in [9.17, 15) is 0 Å². The van der Waals surface area contributed by atoms with Crippen molar-refractivity contribution in [3.63, 3.8) is 0 Å². The number of ether oxygens (including phenoxy) is 2. The summed E-state index contributed by atoms with van der Waals surface area (Å²) in [5, 5.41) is 11.0. The van der Waals surface area contributed by atoms with Crippen molar-refractivity contribution >= 4 is 11.6 Å². The molecule has 3 aromatic rings. The molecule has 1 heterocycles. The first kappa shape index (κ1) is 20.4. The summed E-state index contributed by atoms with van der Waals surface area (Å²) in [6, 6.07) is 17.9. The van der Waals surface area contributed by atoms with Crippen LogP contribution in [0.1, 0.15) is 12.0 Å². The van der Waals surface area contributed by atoms with Crippen molar-refractivity contribution in [1.29, 1.82) is 0 Å². The molecule has 0 amide bonds. The van der Waals surface area contributed by atoms with E-state index >= 15 is 0 Å². The highest BCUT2D eigenvalue weighted by Crippen LogP contribution is 2.18. The van der Waals surface area contributed by atoms with Crippen LogP contribution < -0.4 is 15.4 Å². The Bertz CT molecular complexity index is 909. The molecule has 2 aromatic carbocycles. The Morgan fingerprint density at radius 3 is 2.79 bits per heavy atom. The van der Waals surface area contributed by atoms with Crippen molar-refractivity contribution in [1.82, 2.24) is 15.1 Å². The molecule has 0 aliphatic heterocycles. The Morgan fingerprint density at radius 1 is 1.10 bits per heavy atom. The van der Waals surface area contributed by atoms with E-state index in [4.69, 9.17) is 9.47 Å². The number of benzene rings is 2. The maximum atomic E-state index is 5.76.